The fourth-order valence-electron chi connectivity index (χ4n) is 1.82. The highest BCUT2D eigenvalue weighted by Crippen LogP contribution is 2.32. The predicted molar refractivity (Wildman–Crippen MR) is 79.0 cm³/mol. The molecule has 1 aromatic heterocycles. The lowest BCUT2D eigenvalue weighted by atomic mass is 10.3. The van der Waals surface area contributed by atoms with Crippen molar-refractivity contribution in [3.8, 4) is 0 Å². The van der Waals surface area contributed by atoms with Crippen molar-refractivity contribution in [2.24, 2.45) is 0 Å². The summed E-state index contributed by atoms with van der Waals surface area (Å²) in [5.41, 5.74) is 1.72. The highest BCUT2D eigenvalue weighted by atomic mass is 79.9. The molecular formula is C13H14BrClFN3. The summed E-state index contributed by atoms with van der Waals surface area (Å²) in [7, 11) is 0. The average molecular weight is 347 g/mol. The van der Waals surface area contributed by atoms with Crippen molar-refractivity contribution in [2.75, 3.05) is 5.32 Å². The number of halogens is 3. The minimum absolute atomic E-state index is 0.339. The Balaban J connectivity index is 2.17. The zero-order valence-corrected chi connectivity index (χ0v) is 13.0. The summed E-state index contributed by atoms with van der Waals surface area (Å²) in [4.78, 5) is 4.13. The summed E-state index contributed by atoms with van der Waals surface area (Å²) in [6.07, 6.45) is 3.60. The van der Waals surface area contributed by atoms with E-state index in [9.17, 15) is 4.39 Å². The number of imidazole rings is 1. The number of anilines is 1. The molecule has 102 valence electrons. The molecule has 0 fully saturated rings. The fourth-order valence-corrected chi connectivity index (χ4v) is 2.78. The molecule has 0 aliphatic carbocycles. The van der Waals surface area contributed by atoms with Crippen molar-refractivity contribution in [2.45, 2.75) is 26.4 Å². The van der Waals surface area contributed by atoms with Gasteiger partial charge in [-0.2, -0.15) is 0 Å². The van der Waals surface area contributed by atoms with Gasteiger partial charge in [0, 0.05) is 16.7 Å². The van der Waals surface area contributed by atoms with Gasteiger partial charge in [-0.25, -0.2) is 9.37 Å². The van der Waals surface area contributed by atoms with Gasteiger partial charge < -0.3 is 9.88 Å². The third kappa shape index (κ3) is 3.28. The van der Waals surface area contributed by atoms with Gasteiger partial charge >= 0.3 is 0 Å². The molecule has 0 amide bonds. The van der Waals surface area contributed by atoms with Crippen LogP contribution in [0.1, 0.15) is 25.6 Å². The van der Waals surface area contributed by atoms with Crippen LogP contribution < -0.4 is 5.32 Å². The van der Waals surface area contributed by atoms with Crippen LogP contribution in [0.5, 0.6) is 0 Å². The molecule has 0 unspecified atom stereocenters. The Bertz CT molecular complexity index is 560. The second-order valence-electron chi connectivity index (χ2n) is 4.48. The fraction of sp³-hybridized carbons (Fsp3) is 0.308. The maximum Gasteiger partial charge on any atom is 0.125 e. The van der Waals surface area contributed by atoms with Gasteiger partial charge in [0.2, 0.25) is 0 Å². The Morgan fingerprint density at radius 1 is 1.47 bits per heavy atom. The van der Waals surface area contributed by atoms with Crippen LogP contribution in [0.4, 0.5) is 10.1 Å². The van der Waals surface area contributed by atoms with E-state index in [1.807, 2.05) is 0 Å². The van der Waals surface area contributed by atoms with E-state index in [4.69, 9.17) is 11.6 Å². The second kappa shape index (κ2) is 5.92. The van der Waals surface area contributed by atoms with Crippen LogP contribution in [0.2, 0.25) is 5.02 Å². The number of nitrogens with one attached hydrogen (secondary N) is 1. The van der Waals surface area contributed by atoms with Gasteiger partial charge in [-0.15, -0.1) is 0 Å². The maximum absolute atomic E-state index is 13.1. The molecule has 0 radical (unpaired) electrons. The Hall–Kier alpha value is -1.07. The highest BCUT2D eigenvalue weighted by molar-refractivity contribution is 9.10. The van der Waals surface area contributed by atoms with Gasteiger partial charge in [0.05, 0.1) is 29.3 Å². The van der Waals surface area contributed by atoms with Crippen LogP contribution in [0, 0.1) is 5.82 Å². The smallest absolute Gasteiger partial charge is 0.125 e. The molecule has 0 spiro atoms. The summed E-state index contributed by atoms with van der Waals surface area (Å²) >= 11 is 9.32. The van der Waals surface area contributed by atoms with Gasteiger partial charge in [-0.3, -0.25) is 0 Å². The van der Waals surface area contributed by atoms with Crippen molar-refractivity contribution >= 4 is 33.2 Å². The van der Waals surface area contributed by atoms with Crippen LogP contribution in [-0.2, 0) is 6.54 Å². The third-order valence-electron chi connectivity index (χ3n) is 2.76. The van der Waals surface area contributed by atoms with Gasteiger partial charge in [-0.05, 0) is 41.9 Å². The first-order chi connectivity index (χ1) is 8.99. The molecule has 0 saturated carbocycles. The van der Waals surface area contributed by atoms with E-state index in [0.717, 1.165) is 5.69 Å². The number of nitrogens with zero attached hydrogens (tertiary/aromatic N) is 2. The summed E-state index contributed by atoms with van der Waals surface area (Å²) in [5.74, 6) is -0.366. The number of aromatic nitrogens is 2. The molecule has 0 saturated heterocycles. The molecular weight excluding hydrogens is 333 g/mol. The lowest BCUT2D eigenvalue weighted by Gasteiger charge is -2.14. The molecule has 0 aliphatic heterocycles. The quantitative estimate of drug-likeness (QED) is 0.874. The number of hydrogen-bond acceptors (Lipinski definition) is 2. The van der Waals surface area contributed by atoms with Crippen molar-refractivity contribution in [1.29, 1.82) is 0 Å². The largest absolute Gasteiger partial charge is 0.377 e. The minimum atomic E-state index is -0.366. The Labute approximate surface area is 124 Å². The first-order valence-electron chi connectivity index (χ1n) is 5.88. The SMILES string of the molecule is CC(C)n1cncc1CNc1c(Cl)cc(F)cc1Br. The molecule has 1 N–H and O–H groups in total. The summed E-state index contributed by atoms with van der Waals surface area (Å²) < 4.78 is 15.8. The lowest BCUT2D eigenvalue weighted by molar-refractivity contribution is 0.577. The molecule has 0 atom stereocenters. The molecule has 0 bridgehead atoms. The number of benzene rings is 1. The first-order valence-corrected chi connectivity index (χ1v) is 7.05. The molecule has 2 rings (SSSR count). The molecule has 6 heteroatoms. The lowest BCUT2D eigenvalue weighted by Crippen LogP contribution is -2.09. The zero-order chi connectivity index (χ0) is 14.0. The second-order valence-corrected chi connectivity index (χ2v) is 5.75. The van der Waals surface area contributed by atoms with E-state index in [-0.39, 0.29) is 5.82 Å². The zero-order valence-electron chi connectivity index (χ0n) is 10.6. The summed E-state index contributed by atoms with van der Waals surface area (Å²) in [6, 6.07) is 3.01. The summed E-state index contributed by atoms with van der Waals surface area (Å²) in [6.45, 7) is 4.75. The van der Waals surface area contributed by atoms with Crippen molar-refractivity contribution in [3.05, 3.63) is 45.7 Å². The highest BCUT2D eigenvalue weighted by Gasteiger charge is 2.10. The normalized spacial score (nSPS) is 11.1. The Morgan fingerprint density at radius 3 is 2.84 bits per heavy atom. The standard InChI is InChI=1S/C13H14BrClFN3/c1-8(2)19-7-17-5-10(19)6-18-13-11(14)3-9(16)4-12(13)15/h3-5,7-8,18H,6H2,1-2H3. The van der Waals surface area contributed by atoms with Crippen molar-refractivity contribution < 1.29 is 4.39 Å². The van der Waals surface area contributed by atoms with Crippen LogP contribution in [0.15, 0.2) is 29.1 Å². The van der Waals surface area contributed by atoms with Crippen LogP contribution in [-0.4, -0.2) is 9.55 Å². The molecule has 1 heterocycles. The Kier molecular flexibility index (Phi) is 4.47. The average Bonchev–Trinajstić information content (AvgIpc) is 2.75. The van der Waals surface area contributed by atoms with E-state index in [1.165, 1.54) is 12.1 Å². The van der Waals surface area contributed by atoms with Crippen molar-refractivity contribution in [1.82, 2.24) is 9.55 Å². The van der Waals surface area contributed by atoms with Gasteiger partial charge in [0.1, 0.15) is 5.82 Å². The monoisotopic (exact) mass is 345 g/mol. The first kappa shape index (κ1) is 14.3. The molecule has 19 heavy (non-hydrogen) atoms. The van der Waals surface area contributed by atoms with Crippen LogP contribution in [0.25, 0.3) is 0 Å². The third-order valence-corrected chi connectivity index (χ3v) is 3.68. The molecule has 0 aliphatic rings. The maximum atomic E-state index is 13.1. The Morgan fingerprint density at radius 2 is 2.21 bits per heavy atom. The van der Waals surface area contributed by atoms with Gasteiger partial charge in [0.15, 0.2) is 0 Å². The van der Waals surface area contributed by atoms with Crippen molar-refractivity contribution in [3.63, 3.8) is 0 Å². The molecule has 1 aromatic carbocycles. The van der Waals surface area contributed by atoms with E-state index in [1.54, 1.807) is 12.5 Å². The number of hydrogen-bond donors (Lipinski definition) is 1. The minimum Gasteiger partial charge on any atom is -0.377 e. The van der Waals surface area contributed by atoms with E-state index >= 15 is 0 Å². The predicted octanol–water partition coefficient (Wildman–Crippen LogP) is 4.63. The van der Waals surface area contributed by atoms with E-state index in [2.05, 4.69) is 44.6 Å². The van der Waals surface area contributed by atoms with E-state index < -0.39 is 0 Å². The topological polar surface area (TPSA) is 29.9 Å². The van der Waals surface area contributed by atoms with Gasteiger partial charge in [-0.1, -0.05) is 11.6 Å². The molecule has 3 nitrogen and oxygen atoms in total. The van der Waals surface area contributed by atoms with Crippen LogP contribution >= 0.6 is 27.5 Å². The summed E-state index contributed by atoms with van der Waals surface area (Å²) in [5, 5.41) is 3.55. The van der Waals surface area contributed by atoms with Crippen LogP contribution in [0.3, 0.4) is 0 Å². The van der Waals surface area contributed by atoms with Gasteiger partial charge in [0.25, 0.3) is 0 Å². The number of rotatable bonds is 4. The van der Waals surface area contributed by atoms with E-state index in [0.29, 0.717) is 27.8 Å². The molecule has 2 aromatic rings.